The van der Waals surface area contributed by atoms with Crippen molar-refractivity contribution in [1.29, 1.82) is 0 Å². The van der Waals surface area contributed by atoms with Crippen molar-refractivity contribution >= 4 is 17.0 Å². The van der Waals surface area contributed by atoms with Crippen LogP contribution in [-0.2, 0) is 6.42 Å². The molecule has 0 fully saturated rings. The Balaban J connectivity index is 1.68. The lowest BCUT2D eigenvalue weighted by Gasteiger charge is -2.10. The number of benzene rings is 3. The van der Waals surface area contributed by atoms with E-state index in [4.69, 9.17) is 0 Å². The number of nitro benzene ring substituents is 1. The van der Waals surface area contributed by atoms with Crippen LogP contribution in [0.15, 0.2) is 103 Å². The minimum Gasteiger partial charge on any atom is -0.322 e. The van der Waals surface area contributed by atoms with Crippen LogP contribution in [0.25, 0.3) is 16.6 Å². The molecule has 5 nitrogen and oxygen atoms in total. The molecule has 0 atom stereocenters. The minimum absolute atomic E-state index is 0.0395. The quantitative estimate of drug-likeness (QED) is 0.167. The number of hydrogen-bond acceptors (Lipinski definition) is 3. The topological polar surface area (TPSA) is 64.6 Å². The number of hydrogen-bond donors (Lipinski definition) is 0. The summed E-state index contributed by atoms with van der Waals surface area (Å²) in [6.07, 6.45) is 4.81. The number of aryl methyl sites for hydroxylation is 1. The zero-order valence-electron chi connectivity index (χ0n) is 18.6. The molecule has 0 bridgehead atoms. The first-order valence-electron chi connectivity index (χ1n) is 11.0. The third-order valence-electron chi connectivity index (χ3n) is 6.11. The fourth-order valence-corrected chi connectivity index (χ4v) is 4.32. The van der Waals surface area contributed by atoms with Crippen molar-refractivity contribution in [1.82, 2.24) is 4.40 Å². The molecule has 5 heteroatoms. The van der Waals surface area contributed by atoms with Crippen LogP contribution in [0.3, 0.4) is 0 Å². The van der Waals surface area contributed by atoms with Crippen molar-refractivity contribution in [2.75, 3.05) is 0 Å². The summed E-state index contributed by atoms with van der Waals surface area (Å²) in [4.78, 5) is 24.4. The molecule has 0 aliphatic carbocycles. The Bertz CT molecular complexity index is 1500. The Morgan fingerprint density at radius 1 is 0.882 bits per heavy atom. The van der Waals surface area contributed by atoms with E-state index < -0.39 is 4.92 Å². The zero-order chi connectivity index (χ0) is 23.7. The number of fused-ring (bicyclic) bond motifs is 1. The predicted molar refractivity (Wildman–Crippen MR) is 133 cm³/mol. The van der Waals surface area contributed by atoms with Crippen LogP contribution in [0, 0.1) is 17.0 Å². The number of rotatable bonds is 6. The molecule has 0 N–H and O–H groups in total. The minimum atomic E-state index is -0.462. The van der Waals surface area contributed by atoms with Gasteiger partial charge in [-0.2, -0.15) is 0 Å². The summed E-state index contributed by atoms with van der Waals surface area (Å²) < 4.78 is 2.00. The Morgan fingerprint density at radius 2 is 1.53 bits per heavy atom. The van der Waals surface area contributed by atoms with Crippen molar-refractivity contribution in [3.05, 3.63) is 141 Å². The zero-order valence-corrected chi connectivity index (χ0v) is 18.6. The van der Waals surface area contributed by atoms with Crippen LogP contribution in [-0.4, -0.2) is 15.1 Å². The molecule has 34 heavy (non-hydrogen) atoms. The fraction of sp³-hybridized carbons (Fsp3) is 0.0690. The molecule has 0 saturated carbocycles. The fourth-order valence-electron chi connectivity index (χ4n) is 4.32. The summed E-state index contributed by atoms with van der Waals surface area (Å²) in [5.74, 6) is -0.161. The van der Waals surface area contributed by atoms with Crippen LogP contribution in [0.1, 0.15) is 32.6 Å². The molecule has 3 aromatic carbocycles. The third kappa shape index (κ3) is 3.99. The van der Waals surface area contributed by atoms with E-state index in [9.17, 15) is 14.9 Å². The second-order valence-corrected chi connectivity index (χ2v) is 8.35. The van der Waals surface area contributed by atoms with Crippen LogP contribution in [0.4, 0.5) is 5.69 Å². The summed E-state index contributed by atoms with van der Waals surface area (Å²) in [5, 5.41) is 11.1. The Labute approximate surface area is 197 Å². The van der Waals surface area contributed by atoms with Crippen molar-refractivity contribution in [3.8, 4) is 11.1 Å². The van der Waals surface area contributed by atoms with Gasteiger partial charge < -0.3 is 4.40 Å². The van der Waals surface area contributed by atoms with Gasteiger partial charge in [-0.25, -0.2) is 0 Å². The van der Waals surface area contributed by atoms with Crippen LogP contribution in [0.2, 0.25) is 0 Å². The van der Waals surface area contributed by atoms with Gasteiger partial charge in [0, 0.05) is 35.7 Å². The Kier molecular flexibility index (Phi) is 5.52. The highest BCUT2D eigenvalue weighted by Gasteiger charge is 2.22. The molecule has 5 rings (SSSR count). The highest BCUT2D eigenvalue weighted by molar-refractivity contribution is 6.17. The molecule has 0 saturated heterocycles. The molecule has 166 valence electrons. The first-order chi connectivity index (χ1) is 16.5. The smallest absolute Gasteiger partial charge is 0.269 e. The summed E-state index contributed by atoms with van der Waals surface area (Å²) in [6, 6.07) is 27.9. The molecule has 0 aliphatic heterocycles. The monoisotopic (exact) mass is 446 g/mol. The molecular formula is C29H22N2O3. The van der Waals surface area contributed by atoms with Crippen molar-refractivity contribution in [3.63, 3.8) is 0 Å². The molecule has 2 heterocycles. The maximum absolute atomic E-state index is 13.8. The van der Waals surface area contributed by atoms with Gasteiger partial charge in [0.2, 0.25) is 0 Å². The molecule has 2 aromatic heterocycles. The van der Waals surface area contributed by atoms with Gasteiger partial charge >= 0.3 is 0 Å². The van der Waals surface area contributed by atoms with Gasteiger partial charge in [-0.1, -0.05) is 60.7 Å². The van der Waals surface area contributed by atoms with Gasteiger partial charge in [0.25, 0.3) is 5.69 Å². The van der Waals surface area contributed by atoms with Gasteiger partial charge in [-0.05, 0) is 53.8 Å². The van der Waals surface area contributed by atoms with E-state index in [-0.39, 0.29) is 11.5 Å². The number of aromatic nitrogens is 1. The molecule has 5 aromatic rings. The number of ketones is 1. The van der Waals surface area contributed by atoms with E-state index in [2.05, 4.69) is 31.3 Å². The number of nitrogens with zero attached hydrogens (tertiary/aromatic N) is 2. The van der Waals surface area contributed by atoms with Gasteiger partial charge in [-0.3, -0.25) is 14.9 Å². The standard InChI is InChI=1S/C29H22N2O3/c1-20-18-30-19-26(22-10-6-3-7-11-22)28(29(32)23-12-14-25(15-13-23)31(33)34)27(30)17-24(20)16-21-8-4-2-5-9-21/h2-15,17-19H,16H2,1H3. The summed E-state index contributed by atoms with van der Waals surface area (Å²) in [5.41, 5.74) is 7.05. The van der Waals surface area contributed by atoms with Crippen LogP contribution >= 0.6 is 0 Å². The third-order valence-corrected chi connectivity index (χ3v) is 6.11. The molecule has 0 spiro atoms. The van der Waals surface area contributed by atoms with E-state index in [1.54, 1.807) is 0 Å². The predicted octanol–water partition coefficient (Wildman–Crippen LogP) is 6.64. The lowest BCUT2D eigenvalue weighted by atomic mass is 9.95. The maximum Gasteiger partial charge on any atom is 0.269 e. The second kappa shape index (κ2) is 8.79. The van der Waals surface area contributed by atoms with E-state index in [1.807, 2.05) is 59.1 Å². The van der Waals surface area contributed by atoms with E-state index in [1.165, 1.54) is 29.8 Å². The Morgan fingerprint density at radius 3 is 2.18 bits per heavy atom. The van der Waals surface area contributed by atoms with Crippen molar-refractivity contribution < 1.29 is 9.72 Å². The van der Waals surface area contributed by atoms with Gasteiger partial charge in [0.15, 0.2) is 5.78 Å². The van der Waals surface area contributed by atoms with Crippen LogP contribution in [0.5, 0.6) is 0 Å². The highest BCUT2D eigenvalue weighted by Crippen LogP contribution is 2.33. The normalized spacial score (nSPS) is 11.0. The molecular weight excluding hydrogens is 424 g/mol. The molecule has 0 amide bonds. The lowest BCUT2D eigenvalue weighted by molar-refractivity contribution is -0.384. The number of pyridine rings is 1. The molecule has 0 radical (unpaired) electrons. The lowest BCUT2D eigenvalue weighted by Crippen LogP contribution is -2.04. The highest BCUT2D eigenvalue weighted by atomic mass is 16.6. The average Bonchev–Trinajstić information content (AvgIpc) is 3.23. The Hall–Kier alpha value is -4.51. The number of carbonyl (C=O) groups excluding carboxylic acids is 1. The summed E-state index contributed by atoms with van der Waals surface area (Å²) in [7, 11) is 0. The molecule has 0 unspecified atom stereocenters. The summed E-state index contributed by atoms with van der Waals surface area (Å²) >= 11 is 0. The SMILES string of the molecule is Cc1cn2cc(-c3ccccc3)c(C(=O)c3ccc([N+](=O)[O-])cc3)c2cc1Cc1ccccc1. The number of carbonyl (C=O) groups is 1. The van der Waals surface area contributed by atoms with Gasteiger partial charge in [-0.15, -0.1) is 0 Å². The van der Waals surface area contributed by atoms with E-state index >= 15 is 0 Å². The summed E-state index contributed by atoms with van der Waals surface area (Å²) in [6.45, 7) is 2.08. The largest absolute Gasteiger partial charge is 0.322 e. The van der Waals surface area contributed by atoms with Crippen molar-refractivity contribution in [2.24, 2.45) is 0 Å². The van der Waals surface area contributed by atoms with Gasteiger partial charge in [0.05, 0.1) is 16.0 Å². The molecule has 0 aliphatic rings. The van der Waals surface area contributed by atoms with Crippen molar-refractivity contribution in [2.45, 2.75) is 13.3 Å². The second-order valence-electron chi connectivity index (χ2n) is 8.35. The van der Waals surface area contributed by atoms with E-state index in [0.717, 1.165) is 34.2 Å². The number of nitro groups is 1. The number of non-ortho nitro benzene ring substituents is 1. The first-order valence-corrected chi connectivity index (χ1v) is 11.0. The van der Waals surface area contributed by atoms with Gasteiger partial charge in [0.1, 0.15) is 0 Å². The maximum atomic E-state index is 13.8. The average molecular weight is 447 g/mol. The van der Waals surface area contributed by atoms with E-state index in [0.29, 0.717) is 11.1 Å². The van der Waals surface area contributed by atoms with Crippen LogP contribution < -0.4 is 0 Å². The first kappa shape index (κ1) is 21.3.